The zero-order valence-electron chi connectivity index (χ0n) is 14.6. The van der Waals surface area contributed by atoms with Crippen LogP contribution in [0.25, 0.3) is 6.08 Å². The number of benzene rings is 1. The zero-order chi connectivity index (χ0) is 17.1. The zero-order valence-corrected chi connectivity index (χ0v) is 14.6. The Kier molecular flexibility index (Phi) is 5.68. The maximum Gasteiger partial charge on any atom is 0.491 e. The first kappa shape index (κ1) is 18.2. The molecular weight excluding hydrogens is 289 g/mol. The standard InChI is InChI=1S/C18H28BNO3/c1-17(2)18(3,4)23-19(22-17)16(13-20)12-15-9-7-14(8-10-15)6-5-11-21/h7-10,12,21H,5-6,11,13,20H2,1-4H3. The van der Waals surface area contributed by atoms with Crippen molar-refractivity contribution in [1.82, 2.24) is 0 Å². The van der Waals surface area contributed by atoms with Gasteiger partial charge in [0.25, 0.3) is 0 Å². The minimum Gasteiger partial charge on any atom is -0.400 e. The van der Waals surface area contributed by atoms with E-state index in [4.69, 9.17) is 20.1 Å². The molecule has 0 spiro atoms. The van der Waals surface area contributed by atoms with Crippen LogP contribution >= 0.6 is 0 Å². The van der Waals surface area contributed by atoms with Crippen LogP contribution in [0.2, 0.25) is 0 Å². The summed E-state index contributed by atoms with van der Waals surface area (Å²) in [7, 11) is -0.404. The fourth-order valence-electron chi connectivity index (χ4n) is 2.50. The molecule has 1 aromatic rings. The molecule has 1 aromatic carbocycles. The SMILES string of the molecule is CC1(C)OB(C(=Cc2ccc(CCCO)cc2)CN)OC1(C)C. The number of aliphatic hydroxyl groups excluding tert-OH is 1. The number of rotatable bonds is 6. The quantitative estimate of drug-likeness (QED) is 0.792. The Morgan fingerprint density at radius 3 is 2.17 bits per heavy atom. The second-order valence-electron chi connectivity index (χ2n) is 7.08. The van der Waals surface area contributed by atoms with Crippen LogP contribution in [0.4, 0.5) is 0 Å². The first-order valence-electron chi connectivity index (χ1n) is 8.25. The minimum atomic E-state index is -0.404. The Bertz CT molecular complexity index is 536. The Hall–Kier alpha value is -1.14. The predicted octanol–water partition coefficient (Wildman–Crippen LogP) is 2.59. The maximum atomic E-state index is 8.89. The average Bonchev–Trinajstić information content (AvgIpc) is 2.72. The van der Waals surface area contributed by atoms with Crippen molar-refractivity contribution in [3.8, 4) is 0 Å². The molecule has 0 bridgehead atoms. The van der Waals surface area contributed by atoms with Crippen molar-refractivity contribution >= 4 is 13.2 Å². The highest BCUT2D eigenvalue weighted by molar-refractivity contribution is 6.55. The molecule has 0 aromatic heterocycles. The number of nitrogens with two attached hydrogens (primary N) is 1. The second-order valence-corrected chi connectivity index (χ2v) is 7.08. The van der Waals surface area contributed by atoms with Crippen LogP contribution in [-0.4, -0.2) is 36.6 Å². The van der Waals surface area contributed by atoms with E-state index in [0.29, 0.717) is 6.54 Å². The van der Waals surface area contributed by atoms with Crippen LogP contribution in [0.3, 0.4) is 0 Å². The second kappa shape index (κ2) is 7.18. The Morgan fingerprint density at radius 2 is 1.70 bits per heavy atom. The predicted molar refractivity (Wildman–Crippen MR) is 95.0 cm³/mol. The highest BCUT2D eigenvalue weighted by Crippen LogP contribution is 2.38. The lowest BCUT2D eigenvalue weighted by molar-refractivity contribution is 0.00578. The smallest absolute Gasteiger partial charge is 0.400 e. The fourth-order valence-corrected chi connectivity index (χ4v) is 2.50. The van der Waals surface area contributed by atoms with Gasteiger partial charge in [0.1, 0.15) is 0 Å². The molecule has 126 valence electrons. The van der Waals surface area contributed by atoms with Gasteiger partial charge in [-0.05, 0) is 57.1 Å². The lowest BCUT2D eigenvalue weighted by Crippen LogP contribution is -2.41. The third-order valence-electron chi connectivity index (χ3n) is 4.75. The normalized spacial score (nSPS) is 20.1. The molecule has 0 aliphatic carbocycles. The van der Waals surface area contributed by atoms with E-state index in [0.717, 1.165) is 23.9 Å². The van der Waals surface area contributed by atoms with E-state index >= 15 is 0 Å². The van der Waals surface area contributed by atoms with Crippen LogP contribution in [0.5, 0.6) is 0 Å². The van der Waals surface area contributed by atoms with Crippen LogP contribution in [-0.2, 0) is 15.7 Å². The van der Waals surface area contributed by atoms with Gasteiger partial charge >= 0.3 is 7.12 Å². The molecule has 23 heavy (non-hydrogen) atoms. The highest BCUT2D eigenvalue weighted by atomic mass is 16.7. The largest absolute Gasteiger partial charge is 0.491 e. The third kappa shape index (κ3) is 4.24. The molecule has 3 N–H and O–H groups in total. The summed E-state index contributed by atoms with van der Waals surface area (Å²) in [6.45, 7) is 8.77. The summed E-state index contributed by atoms with van der Waals surface area (Å²) in [5.41, 5.74) is 8.43. The lowest BCUT2D eigenvalue weighted by atomic mass is 9.77. The Morgan fingerprint density at radius 1 is 1.13 bits per heavy atom. The van der Waals surface area contributed by atoms with Crippen molar-refractivity contribution in [2.45, 2.75) is 51.7 Å². The number of hydrogen-bond donors (Lipinski definition) is 2. The van der Waals surface area contributed by atoms with E-state index in [-0.39, 0.29) is 17.8 Å². The van der Waals surface area contributed by atoms with E-state index in [1.54, 1.807) is 0 Å². The molecule has 1 fully saturated rings. The molecule has 0 unspecified atom stereocenters. The first-order valence-corrected chi connectivity index (χ1v) is 8.25. The molecule has 5 heteroatoms. The fraction of sp³-hybridized carbons (Fsp3) is 0.556. The molecule has 0 amide bonds. The molecule has 4 nitrogen and oxygen atoms in total. The van der Waals surface area contributed by atoms with Gasteiger partial charge in [-0.1, -0.05) is 30.3 Å². The topological polar surface area (TPSA) is 64.7 Å². The molecule has 1 heterocycles. The molecule has 0 atom stereocenters. The lowest BCUT2D eigenvalue weighted by Gasteiger charge is -2.32. The van der Waals surface area contributed by atoms with Crippen molar-refractivity contribution in [3.63, 3.8) is 0 Å². The maximum absolute atomic E-state index is 8.89. The number of aliphatic hydroxyl groups is 1. The summed E-state index contributed by atoms with van der Waals surface area (Å²) < 4.78 is 12.1. The monoisotopic (exact) mass is 317 g/mol. The summed E-state index contributed by atoms with van der Waals surface area (Å²) in [4.78, 5) is 0. The highest BCUT2D eigenvalue weighted by Gasteiger charge is 2.52. The average molecular weight is 317 g/mol. The minimum absolute atomic E-state index is 0.223. The van der Waals surface area contributed by atoms with Gasteiger partial charge in [-0.3, -0.25) is 0 Å². The molecule has 1 aliphatic rings. The van der Waals surface area contributed by atoms with E-state index in [1.807, 2.05) is 33.8 Å². The van der Waals surface area contributed by atoms with Crippen LogP contribution in [0, 0.1) is 0 Å². The summed E-state index contributed by atoms with van der Waals surface area (Å²) in [5, 5.41) is 8.89. The van der Waals surface area contributed by atoms with Crippen LogP contribution < -0.4 is 5.73 Å². The molecule has 1 saturated heterocycles. The summed E-state index contributed by atoms with van der Waals surface area (Å²) >= 11 is 0. The van der Waals surface area contributed by atoms with E-state index in [2.05, 4.69) is 24.3 Å². The van der Waals surface area contributed by atoms with Crippen LogP contribution in [0.15, 0.2) is 29.7 Å². The molecule has 0 radical (unpaired) electrons. The van der Waals surface area contributed by atoms with Gasteiger partial charge in [0.2, 0.25) is 0 Å². The Balaban J connectivity index is 2.13. The van der Waals surface area contributed by atoms with Crippen molar-refractivity contribution in [1.29, 1.82) is 0 Å². The van der Waals surface area contributed by atoms with Gasteiger partial charge in [-0.15, -0.1) is 0 Å². The van der Waals surface area contributed by atoms with Gasteiger partial charge < -0.3 is 20.1 Å². The van der Waals surface area contributed by atoms with E-state index < -0.39 is 7.12 Å². The summed E-state index contributed by atoms with van der Waals surface area (Å²) in [6, 6.07) is 8.29. The van der Waals surface area contributed by atoms with Gasteiger partial charge in [-0.2, -0.15) is 0 Å². The van der Waals surface area contributed by atoms with Crippen molar-refractivity contribution in [2.24, 2.45) is 5.73 Å². The molecule has 0 saturated carbocycles. The van der Waals surface area contributed by atoms with Crippen molar-refractivity contribution in [2.75, 3.05) is 13.2 Å². The van der Waals surface area contributed by atoms with Crippen molar-refractivity contribution in [3.05, 3.63) is 40.9 Å². The Labute approximate surface area is 139 Å². The molecule has 1 aliphatic heterocycles. The van der Waals surface area contributed by atoms with Gasteiger partial charge in [0, 0.05) is 13.2 Å². The summed E-state index contributed by atoms with van der Waals surface area (Å²) in [5.74, 6) is 0. The number of hydrogen-bond acceptors (Lipinski definition) is 4. The van der Waals surface area contributed by atoms with Crippen molar-refractivity contribution < 1.29 is 14.4 Å². The first-order chi connectivity index (χ1) is 10.8. The van der Waals surface area contributed by atoms with Gasteiger partial charge in [0.15, 0.2) is 0 Å². The number of aryl methyl sites for hydroxylation is 1. The van der Waals surface area contributed by atoms with E-state index in [1.165, 1.54) is 5.56 Å². The van der Waals surface area contributed by atoms with Gasteiger partial charge in [-0.25, -0.2) is 0 Å². The summed E-state index contributed by atoms with van der Waals surface area (Å²) in [6.07, 6.45) is 3.72. The van der Waals surface area contributed by atoms with E-state index in [9.17, 15) is 0 Å². The van der Waals surface area contributed by atoms with Gasteiger partial charge in [0.05, 0.1) is 11.2 Å². The van der Waals surface area contributed by atoms with Crippen LogP contribution in [0.1, 0.15) is 45.2 Å². The molecular formula is C18H28BNO3. The third-order valence-corrected chi connectivity index (χ3v) is 4.75. The molecule has 2 rings (SSSR count).